The van der Waals surface area contributed by atoms with Crippen LogP contribution < -0.4 is 5.56 Å². The van der Waals surface area contributed by atoms with Gasteiger partial charge in [0.05, 0.1) is 16.1 Å². The molecular weight excluding hydrogens is 338 g/mol. The fraction of sp³-hybridized carbons (Fsp3) is 0.500. The molecule has 2 aliphatic rings. The second-order valence-corrected chi connectivity index (χ2v) is 6.30. The molecule has 2 amide bonds. The number of carbonyl (C=O) groups is 2. The normalized spacial score (nSPS) is 22.1. The molecule has 1 aromatic rings. The molecule has 2 fully saturated rings. The van der Waals surface area contributed by atoms with Gasteiger partial charge in [0.2, 0.25) is 5.91 Å². The van der Waals surface area contributed by atoms with E-state index in [0.29, 0.717) is 29.5 Å². The molecule has 0 saturated carbocycles. The zero-order valence-electron chi connectivity index (χ0n) is 11.5. The zero-order chi connectivity index (χ0) is 15.0. The zero-order valence-corrected chi connectivity index (χ0v) is 13.1. The number of pyridine rings is 1. The first-order valence-electron chi connectivity index (χ1n) is 7.03. The van der Waals surface area contributed by atoms with Gasteiger partial charge in [-0.1, -0.05) is 0 Å². The highest BCUT2D eigenvalue weighted by atomic mass is 79.9. The second kappa shape index (κ2) is 5.63. The molecule has 112 valence electrons. The molecule has 2 saturated heterocycles. The number of amides is 2. The highest BCUT2D eigenvalue weighted by molar-refractivity contribution is 9.10. The first-order valence-corrected chi connectivity index (χ1v) is 7.82. The third-order valence-electron chi connectivity index (χ3n) is 4.11. The van der Waals surface area contributed by atoms with E-state index >= 15 is 0 Å². The Morgan fingerprint density at radius 1 is 1.33 bits per heavy atom. The summed E-state index contributed by atoms with van der Waals surface area (Å²) in [4.78, 5) is 41.7. The Morgan fingerprint density at radius 2 is 2.14 bits per heavy atom. The number of nitrogens with one attached hydrogen (secondary N) is 1. The highest BCUT2D eigenvalue weighted by Gasteiger charge is 2.35. The molecule has 21 heavy (non-hydrogen) atoms. The van der Waals surface area contributed by atoms with Crippen LogP contribution in [-0.4, -0.2) is 52.3 Å². The van der Waals surface area contributed by atoms with Crippen molar-refractivity contribution in [1.82, 2.24) is 14.8 Å². The molecular formula is C14H16BrN3O3. The van der Waals surface area contributed by atoms with Gasteiger partial charge in [-0.25, -0.2) is 0 Å². The summed E-state index contributed by atoms with van der Waals surface area (Å²) >= 11 is 3.13. The highest BCUT2D eigenvalue weighted by Crippen LogP contribution is 2.22. The van der Waals surface area contributed by atoms with Gasteiger partial charge >= 0.3 is 0 Å². The van der Waals surface area contributed by atoms with Crippen molar-refractivity contribution in [2.75, 3.05) is 19.6 Å². The maximum Gasteiger partial charge on any atom is 0.262 e. The lowest BCUT2D eigenvalue weighted by Crippen LogP contribution is -2.39. The Balaban J connectivity index is 1.70. The average molecular weight is 354 g/mol. The minimum atomic E-state index is -0.256. The van der Waals surface area contributed by atoms with Crippen molar-refractivity contribution in [1.29, 1.82) is 0 Å². The Labute approximate surface area is 130 Å². The monoisotopic (exact) mass is 353 g/mol. The number of rotatable bonds is 2. The lowest BCUT2D eigenvalue weighted by Gasteiger charge is -2.24. The fourth-order valence-electron chi connectivity index (χ4n) is 3.00. The molecule has 0 bridgehead atoms. The minimum Gasteiger partial charge on any atom is -0.338 e. The van der Waals surface area contributed by atoms with Gasteiger partial charge < -0.3 is 14.8 Å². The van der Waals surface area contributed by atoms with Gasteiger partial charge in [0.25, 0.3) is 11.5 Å². The SMILES string of the molecule is O=C(c1c[nH]c(=O)c(Br)c1)N1CCC(N2CCCC2=O)C1. The molecule has 0 aliphatic carbocycles. The van der Waals surface area contributed by atoms with Crippen molar-refractivity contribution in [3.8, 4) is 0 Å². The molecule has 7 heteroatoms. The van der Waals surface area contributed by atoms with E-state index in [1.165, 1.54) is 12.3 Å². The van der Waals surface area contributed by atoms with Crippen LogP contribution in [0.25, 0.3) is 0 Å². The van der Waals surface area contributed by atoms with Crippen LogP contribution in [0.5, 0.6) is 0 Å². The van der Waals surface area contributed by atoms with Crippen LogP contribution in [-0.2, 0) is 4.79 Å². The van der Waals surface area contributed by atoms with Gasteiger partial charge in [0.15, 0.2) is 0 Å². The molecule has 3 rings (SSSR count). The number of likely N-dealkylation sites (tertiary alicyclic amines) is 2. The van der Waals surface area contributed by atoms with Crippen molar-refractivity contribution in [3.63, 3.8) is 0 Å². The number of aromatic nitrogens is 1. The first kappa shape index (κ1) is 14.3. The number of carbonyl (C=O) groups excluding carboxylic acids is 2. The van der Waals surface area contributed by atoms with E-state index in [-0.39, 0.29) is 23.4 Å². The van der Waals surface area contributed by atoms with Crippen LogP contribution in [0.15, 0.2) is 21.5 Å². The summed E-state index contributed by atoms with van der Waals surface area (Å²) in [5, 5.41) is 0. The average Bonchev–Trinajstić information content (AvgIpc) is 3.09. The van der Waals surface area contributed by atoms with Crippen LogP contribution in [0.4, 0.5) is 0 Å². The molecule has 1 N–H and O–H groups in total. The third kappa shape index (κ3) is 2.74. The number of hydrogen-bond donors (Lipinski definition) is 1. The molecule has 0 radical (unpaired) electrons. The van der Waals surface area contributed by atoms with Crippen LogP contribution >= 0.6 is 15.9 Å². The lowest BCUT2D eigenvalue weighted by molar-refractivity contribution is -0.129. The molecule has 2 aliphatic heterocycles. The maximum absolute atomic E-state index is 12.4. The number of aromatic amines is 1. The predicted molar refractivity (Wildman–Crippen MR) is 80.0 cm³/mol. The van der Waals surface area contributed by atoms with E-state index < -0.39 is 0 Å². The van der Waals surface area contributed by atoms with Crippen LogP contribution in [0.3, 0.4) is 0 Å². The summed E-state index contributed by atoms with van der Waals surface area (Å²) in [6.07, 6.45) is 3.79. The van der Waals surface area contributed by atoms with Crippen molar-refractivity contribution in [2.24, 2.45) is 0 Å². The molecule has 0 spiro atoms. The number of hydrogen-bond acceptors (Lipinski definition) is 3. The van der Waals surface area contributed by atoms with Gasteiger partial charge in [-0.2, -0.15) is 0 Å². The summed E-state index contributed by atoms with van der Waals surface area (Å²) in [5.41, 5.74) is 0.198. The van der Waals surface area contributed by atoms with Gasteiger partial charge in [-0.15, -0.1) is 0 Å². The predicted octanol–water partition coefficient (Wildman–Crippen LogP) is 0.974. The number of nitrogens with zero attached hydrogens (tertiary/aromatic N) is 2. The summed E-state index contributed by atoms with van der Waals surface area (Å²) in [6.45, 7) is 2.01. The Morgan fingerprint density at radius 3 is 2.81 bits per heavy atom. The summed E-state index contributed by atoms with van der Waals surface area (Å²) in [5.74, 6) is 0.0854. The molecule has 0 aromatic carbocycles. The quantitative estimate of drug-likeness (QED) is 0.860. The van der Waals surface area contributed by atoms with Crippen molar-refractivity contribution >= 4 is 27.7 Å². The van der Waals surface area contributed by atoms with Crippen molar-refractivity contribution in [2.45, 2.75) is 25.3 Å². The molecule has 6 nitrogen and oxygen atoms in total. The van der Waals surface area contributed by atoms with E-state index in [4.69, 9.17) is 0 Å². The molecule has 1 atom stereocenters. The van der Waals surface area contributed by atoms with Crippen molar-refractivity contribution in [3.05, 3.63) is 32.7 Å². The van der Waals surface area contributed by atoms with Gasteiger partial charge in [-0.3, -0.25) is 14.4 Å². The summed E-state index contributed by atoms with van der Waals surface area (Å²) < 4.78 is 0.346. The van der Waals surface area contributed by atoms with Crippen LogP contribution in [0.2, 0.25) is 0 Å². The van der Waals surface area contributed by atoms with Crippen LogP contribution in [0, 0.1) is 0 Å². The summed E-state index contributed by atoms with van der Waals surface area (Å²) in [6, 6.07) is 1.67. The Hall–Kier alpha value is -1.63. The summed E-state index contributed by atoms with van der Waals surface area (Å²) in [7, 11) is 0. The largest absolute Gasteiger partial charge is 0.338 e. The maximum atomic E-state index is 12.4. The topological polar surface area (TPSA) is 73.5 Å². The molecule has 1 unspecified atom stereocenters. The number of halogens is 1. The smallest absolute Gasteiger partial charge is 0.262 e. The van der Waals surface area contributed by atoms with E-state index in [0.717, 1.165) is 19.4 Å². The van der Waals surface area contributed by atoms with Gasteiger partial charge in [0.1, 0.15) is 0 Å². The first-order chi connectivity index (χ1) is 10.1. The second-order valence-electron chi connectivity index (χ2n) is 5.45. The van der Waals surface area contributed by atoms with E-state index in [1.807, 2.05) is 4.90 Å². The lowest BCUT2D eigenvalue weighted by atomic mass is 10.2. The molecule has 1 aromatic heterocycles. The fourth-order valence-corrected chi connectivity index (χ4v) is 3.36. The third-order valence-corrected chi connectivity index (χ3v) is 4.70. The van der Waals surface area contributed by atoms with Crippen molar-refractivity contribution < 1.29 is 9.59 Å². The van der Waals surface area contributed by atoms with Gasteiger partial charge in [0, 0.05) is 32.3 Å². The van der Waals surface area contributed by atoms with Crippen LogP contribution in [0.1, 0.15) is 29.6 Å². The Kier molecular flexibility index (Phi) is 3.84. The van der Waals surface area contributed by atoms with Gasteiger partial charge in [-0.05, 0) is 34.8 Å². The van der Waals surface area contributed by atoms with E-state index in [1.54, 1.807) is 4.90 Å². The van der Waals surface area contributed by atoms with E-state index in [9.17, 15) is 14.4 Å². The number of H-pyrrole nitrogens is 1. The van der Waals surface area contributed by atoms with E-state index in [2.05, 4.69) is 20.9 Å². The standard InChI is InChI=1S/C14H16BrN3O3/c15-11-6-9(7-16-13(11)20)14(21)17-5-3-10(8-17)18-4-1-2-12(18)19/h6-7,10H,1-5,8H2,(H,16,20). The minimum absolute atomic E-state index is 0.110. The Bertz CT molecular complexity index is 643. The molecule has 3 heterocycles.